The first-order valence-corrected chi connectivity index (χ1v) is 6.54. The molecule has 0 atom stereocenters. The van der Waals surface area contributed by atoms with E-state index in [2.05, 4.69) is 4.99 Å². The molecule has 2 aliphatic rings. The third kappa shape index (κ3) is 2.97. The van der Waals surface area contributed by atoms with Crippen LogP contribution in [0.1, 0.15) is 44.9 Å². The number of aliphatic imine (C=N–C) groups is 1. The topological polar surface area (TPSA) is 47.6 Å². The lowest BCUT2D eigenvalue weighted by Gasteiger charge is -2.14. The smallest absolute Gasteiger partial charge is 0.0968 e. The van der Waals surface area contributed by atoms with Gasteiger partial charge in [-0.1, -0.05) is 12.8 Å². The zero-order chi connectivity index (χ0) is 11.4. The summed E-state index contributed by atoms with van der Waals surface area (Å²) < 4.78 is 5.14. The molecule has 2 N–H and O–H groups in total. The van der Waals surface area contributed by atoms with Crippen LogP contribution in [0.4, 0.5) is 0 Å². The summed E-state index contributed by atoms with van der Waals surface area (Å²) in [4.78, 5) is 4.63. The normalized spacial score (nSPS) is 24.9. The first-order chi connectivity index (χ1) is 7.76. The number of amidine groups is 1. The molecule has 0 amide bonds. The molecule has 0 saturated heterocycles. The van der Waals surface area contributed by atoms with Gasteiger partial charge in [-0.3, -0.25) is 4.99 Å². The van der Waals surface area contributed by atoms with Gasteiger partial charge < -0.3 is 10.5 Å². The van der Waals surface area contributed by atoms with Gasteiger partial charge in [0, 0.05) is 26.2 Å². The second-order valence-corrected chi connectivity index (χ2v) is 5.47. The molecular weight excluding hydrogens is 200 g/mol. The third-order valence-electron chi connectivity index (χ3n) is 4.16. The van der Waals surface area contributed by atoms with Crippen molar-refractivity contribution in [2.75, 3.05) is 20.3 Å². The highest BCUT2D eigenvalue weighted by molar-refractivity contribution is 5.83. The fourth-order valence-corrected chi connectivity index (χ4v) is 2.59. The molecule has 0 aromatic carbocycles. The first-order valence-electron chi connectivity index (χ1n) is 6.54. The zero-order valence-corrected chi connectivity index (χ0v) is 10.4. The Bertz CT molecular complexity index is 253. The highest BCUT2D eigenvalue weighted by Crippen LogP contribution is 2.49. The number of nitrogens with zero attached hydrogens (tertiary/aromatic N) is 1. The maximum atomic E-state index is 6.06. The molecule has 0 aromatic heterocycles. The van der Waals surface area contributed by atoms with Crippen LogP contribution in [-0.2, 0) is 4.74 Å². The first kappa shape index (κ1) is 11.9. The van der Waals surface area contributed by atoms with Crippen LogP contribution < -0.4 is 5.73 Å². The van der Waals surface area contributed by atoms with Gasteiger partial charge >= 0.3 is 0 Å². The van der Waals surface area contributed by atoms with Crippen molar-refractivity contribution in [1.82, 2.24) is 0 Å². The van der Waals surface area contributed by atoms with Crippen molar-refractivity contribution in [3.8, 4) is 0 Å². The summed E-state index contributed by atoms with van der Waals surface area (Å²) >= 11 is 0. The van der Waals surface area contributed by atoms with Gasteiger partial charge in [0.25, 0.3) is 0 Å². The van der Waals surface area contributed by atoms with Crippen molar-refractivity contribution in [3.63, 3.8) is 0 Å². The van der Waals surface area contributed by atoms with E-state index in [4.69, 9.17) is 10.5 Å². The van der Waals surface area contributed by atoms with Gasteiger partial charge in [0.1, 0.15) is 0 Å². The van der Waals surface area contributed by atoms with Crippen LogP contribution >= 0.6 is 0 Å². The Hall–Kier alpha value is -0.570. The quantitative estimate of drug-likeness (QED) is 0.556. The number of rotatable bonds is 6. The summed E-state index contributed by atoms with van der Waals surface area (Å²) in [5, 5.41) is 0. The van der Waals surface area contributed by atoms with Crippen LogP contribution in [0, 0.1) is 11.3 Å². The van der Waals surface area contributed by atoms with Crippen LogP contribution in [-0.4, -0.2) is 26.1 Å². The summed E-state index contributed by atoms with van der Waals surface area (Å²) in [6.07, 6.45) is 8.91. The molecule has 0 aliphatic heterocycles. The minimum atomic E-state index is 0.444. The molecule has 0 heterocycles. The van der Waals surface area contributed by atoms with E-state index >= 15 is 0 Å². The third-order valence-corrected chi connectivity index (χ3v) is 4.16. The molecule has 16 heavy (non-hydrogen) atoms. The molecule has 0 unspecified atom stereocenters. The van der Waals surface area contributed by atoms with Crippen molar-refractivity contribution in [3.05, 3.63) is 0 Å². The van der Waals surface area contributed by atoms with Gasteiger partial charge in [-0.05, 0) is 37.5 Å². The number of hydrogen-bond donors (Lipinski definition) is 1. The Morgan fingerprint density at radius 2 is 2.06 bits per heavy atom. The molecule has 0 aromatic rings. The number of ether oxygens (including phenoxy) is 1. The molecule has 0 spiro atoms. The van der Waals surface area contributed by atoms with E-state index in [1.807, 2.05) is 0 Å². The van der Waals surface area contributed by atoms with Crippen LogP contribution in [0.2, 0.25) is 0 Å². The van der Waals surface area contributed by atoms with Gasteiger partial charge in [0.15, 0.2) is 0 Å². The Balaban J connectivity index is 1.78. The van der Waals surface area contributed by atoms with Crippen molar-refractivity contribution in [2.45, 2.75) is 44.9 Å². The Morgan fingerprint density at radius 3 is 2.62 bits per heavy atom. The highest BCUT2D eigenvalue weighted by atomic mass is 16.5. The van der Waals surface area contributed by atoms with E-state index < -0.39 is 0 Å². The van der Waals surface area contributed by atoms with E-state index in [1.165, 1.54) is 38.5 Å². The van der Waals surface area contributed by atoms with Crippen LogP contribution in [0.15, 0.2) is 4.99 Å². The average Bonchev–Trinajstić information content (AvgIpc) is 2.85. The van der Waals surface area contributed by atoms with Gasteiger partial charge in [-0.25, -0.2) is 0 Å². The highest BCUT2D eigenvalue weighted by Gasteiger charge is 2.41. The lowest BCUT2D eigenvalue weighted by molar-refractivity contribution is 0.174. The molecule has 3 nitrogen and oxygen atoms in total. The Kier molecular flexibility index (Phi) is 3.85. The van der Waals surface area contributed by atoms with E-state index in [-0.39, 0.29) is 0 Å². The van der Waals surface area contributed by atoms with E-state index in [0.717, 1.165) is 25.4 Å². The largest absolute Gasteiger partial charge is 0.387 e. The summed E-state index contributed by atoms with van der Waals surface area (Å²) in [5.74, 6) is 1.50. The average molecular weight is 224 g/mol. The van der Waals surface area contributed by atoms with Crippen molar-refractivity contribution in [2.24, 2.45) is 22.1 Å². The second kappa shape index (κ2) is 5.17. The Labute approximate surface area is 98.5 Å². The Morgan fingerprint density at radius 1 is 1.38 bits per heavy atom. The van der Waals surface area contributed by atoms with Crippen LogP contribution in [0.25, 0.3) is 0 Å². The molecule has 0 bridgehead atoms. The number of methoxy groups -OCH3 is 1. The molecule has 3 heteroatoms. The summed E-state index contributed by atoms with van der Waals surface area (Å²) in [7, 11) is 1.77. The predicted octanol–water partition coefficient (Wildman–Crippen LogP) is 2.35. The number of hydrogen-bond acceptors (Lipinski definition) is 2. The monoisotopic (exact) mass is 224 g/mol. The molecule has 0 radical (unpaired) electrons. The maximum absolute atomic E-state index is 6.06. The lowest BCUT2D eigenvalue weighted by atomic mass is 10.0. The summed E-state index contributed by atoms with van der Waals surface area (Å²) in [6.45, 7) is 1.79. The van der Waals surface area contributed by atoms with E-state index in [1.54, 1.807) is 7.11 Å². The van der Waals surface area contributed by atoms with E-state index in [9.17, 15) is 0 Å². The van der Waals surface area contributed by atoms with Crippen molar-refractivity contribution < 1.29 is 4.74 Å². The predicted molar refractivity (Wildman–Crippen MR) is 66.6 cm³/mol. The van der Waals surface area contributed by atoms with Crippen molar-refractivity contribution >= 4 is 5.84 Å². The van der Waals surface area contributed by atoms with Gasteiger partial charge in [0.2, 0.25) is 0 Å². The lowest BCUT2D eigenvalue weighted by Crippen LogP contribution is -2.23. The number of nitrogens with two attached hydrogens (primary N) is 1. The second-order valence-electron chi connectivity index (χ2n) is 5.47. The SMILES string of the molecule is COCCC1(CN=C(N)C2CCCC2)CC1. The minimum absolute atomic E-state index is 0.444. The van der Waals surface area contributed by atoms with Crippen LogP contribution in [0.5, 0.6) is 0 Å². The zero-order valence-electron chi connectivity index (χ0n) is 10.4. The maximum Gasteiger partial charge on any atom is 0.0968 e. The van der Waals surface area contributed by atoms with Gasteiger partial charge in [-0.2, -0.15) is 0 Å². The summed E-state index contributed by atoms with van der Waals surface area (Å²) in [6, 6.07) is 0. The fourth-order valence-electron chi connectivity index (χ4n) is 2.59. The molecule has 2 rings (SSSR count). The van der Waals surface area contributed by atoms with Crippen molar-refractivity contribution in [1.29, 1.82) is 0 Å². The standard InChI is InChI=1S/C13H24N2O/c1-16-9-8-13(6-7-13)10-15-12(14)11-4-2-3-5-11/h11H,2-10H2,1H3,(H2,14,15). The van der Waals surface area contributed by atoms with Crippen LogP contribution in [0.3, 0.4) is 0 Å². The molecule has 2 fully saturated rings. The van der Waals surface area contributed by atoms with E-state index in [0.29, 0.717) is 11.3 Å². The molecule has 92 valence electrons. The van der Waals surface area contributed by atoms with Gasteiger partial charge in [0.05, 0.1) is 5.84 Å². The summed E-state index contributed by atoms with van der Waals surface area (Å²) in [5.41, 5.74) is 6.51. The molecular formula is C13H24N2O. The minimum Gasteiger partial charge on any atom is -0.387 e. The molecule has 2 aliphatic carbocycles. The fraction of sp³-hybridized carbons (Fsp3) is 0.923. The van der Waals surface area contributed by atoms with Gasteiger partial charge in [-0.15, -0.1) is 0 Å². The molecule has 2 saturated carbocycles.